The SMILES string of the molecule is c1ccc(-c2cc(-c3ccccc3)c(-c3ccc(-c4nc(-c5ccccc5)nc(-c5ccc6ncccc6c5)n4)cc3)c(-c3ccccc3)c2)cc1. The first kappa shape index (κ1) is 31.0. The van der Waals surface area contributed by atoms with Crippen LogP contribution in [0, 0.1) is 0 Å². The number of benzene rings is 7. The third kappa shape index (κ3) is 6.14. The lowest BCUT2D eigenvalue weighted by atomic mass is 9.84. The third-order valence-corrected chi connectivity index (χ3v) is 9.38. The van der Waals surface area contributed by atoms with Gasteiger partial charge in [0.15, 0.2) is 17.5 Å². The molecule has 0 aliphatic heterocycles. The average molecular weight is 665 g/mol. The Morgan fingerprint density at radius 1 is 0.288 bits per heavy atom. The number of rotatable bonds is 7. The van der Waals surface area contributed by atoms with Crippen molar-refractivity contribution in [3.8, 4) is 78.7 Å². The van der Waals surface area contributed by atoms with E-state index in [-0.39, 0.29) is 0 Å². The van der Waals surface area contributed by atoms with E-state index in [1.165, 1.54) is 27.8 Å². The van der Waals surface area contributed by atoms with Gasteiger partial charge in [-0.05, 0) is 80.9 Å². The van der Waals surface area contributed by atoms with Crippen molar-refractivity contribution in [2.45, 2.75) is 0 Å². The van der Waals surface area contributed by atoms with Crippen LogP contribution in [0.3, 0.4) is 0 Å². The molecule has 0 amide bonds. The van der Waals surface area contributed by atoms with Gasteiger partial charge in [-0.25, -0.2) is 15.0 Å². The van der Waals surface area contributed by atoms with Crippen molar-refractivity contribution in [1.29, 1.82) is 0 Å². The molecule has 0 fully saturated rings. The summed E-state index contributed by atoms with van der Waals surface area (Å²) in [6.45, 7) is 0. The zero-order valence-corrected chi connectivity index (χ0v) is 28.3. The summed E-state index contributed by atoms with van der Waals surface area (Å²) in [6.07, 6.45) is 1.81. The molecule has 52 heavy (non-hydrogen) atoms. The number of aromatic nitrogens is 4. The van der Waals surface area contributed by atoms with Crippen LogP contribution in [0.15, 0.2) is 194 Å². The Bertz CT molecular complexity index is 2580. The first-order chi connectivity index (χ1) is 25.8. The minimum absolute atomic E-state index is 0.618. The first-order valence-electron chi connectivity index (χ1n) is 17.4. The quantitative estimate of drug-likeness (QED) is 0.170. The van der Waals surface area contributed by atoms with Crippen LogP contribution in [0.25, 0.3) is 89.6 Å². The highest BCUT2D eigenvalue weighted by Gasteiger charge is 2.18. The van der Waals surface area contributed by atoms with E-state index < -0.39 is 0 Å². The Morgan fingerprint density at radius 2 is 0.731 bits per heavy atom. The van der Waals surface area contributed by atoms with E-state index >= 15 is 0 Å². The van der Waals surface area contributed by atoms with Crippen molar-refractivity contribution in [2.24, 2.45) is 0 Å². The Labute approximate surface area is 302 Å². The van der Waals surface area contributed by atoms with Crippen LogP contribution in [0.2, 0.25) is 0 Å². The maximum absolute atomic E-state index is 5.04. The molecular formula is C48H32N4. The smallest absolute Gasteiger partial charge is 0.164 e. The van der Waals surface area contributed by atoms with Gasteiger partial charge < -0.3 is 0 Å². The summed E-state index contributed by atoms with van der Waals surface area (Å²) in [5, 5.41) is 1.04. The summed E-state index contributed by atoms with van der Waals surface area (Å²) in [7, 11) is 0. The summed E-state index contributed by atoms with van der Waals surface area (Å²) in [5.74, 6) is 1.87. The van der Waals surface area contributed by atoms with Gasteiger partial charge in [-0.2, -0.15) is 0 Å². The van der Waals surface area contributed by atoms with E-state index in [2.05, 4.69) is 145 Å². The number of pyridine rings is 1. The molecule has 0 N–H and O–H groups in total. The molecule has 9 rings (SSSR count). The molecule has 7 aromatic carbocycles. The van der Waals surface area contributed by atoms with Gasteiger partial charge in [0.25, 0.3) is 0 Å². The second-order valence-corrected chi connectivity index (χ2v) is 12.7. The van der Waals surface area contributed by atoms with Gasteiger partial charge in [0.2, 0.25) is 0 Å². The summed E-state index contributed by atoms with van der Waals surface area (Å²) in [5.41, 5.74) is 13.0. The van der Waals surface area contributed by atoms with Crippen LogP contribution >= 0.6 is 0 Å². The van der Waals surface area contributed by atoms with E-state index in [1.54, 1.807) is 0 Å². The van der Waals surface area contributed by atoms with Crippen molar-refractivity contribution < 1.29 is 0 Å². The highest BCUT2D eigenvalue weighted by Crippen LogP contribution is 2.43. The lowest BCUT2D eigenvalue weighted by Crippen LogP contribution is -2.00. The fraction of sp³-hybridized carbons (Fsp3) is 0. The van der Waals surface area contributed by atoms with Gasteiger partial charge in [-0.15, -0.1) is 0 Å². The van der Waals surface area contributed by atoms with Crippen molar-refractivity contribution in [1.82, 2.24) is 19.9 Å². The Kier molecular flexibility index (Phi) is 8.16. The molecule has 0 spiro atoms. The first-order valence-corrected chi connectivity index (χ1v) is 17.4. The van der Waals surface area contributed by atoms with Crippen molar-refractivity contribution in [3.05, 3.63) is 194 Å². The lowest BCUT2D eigenvalue weighted by molar-refractivity contribution is 1.07. The maximum atomic E-state index is 5.04. The zero-order chi connectivity index (χ0) is 34.7. The molecule has 2 heterocycles. The van der Waals surface area contributed by atoms with Crippen LogP contribution in [-0.4, -0.2) is 19.9 Å². The molecule has 9 aromatic rings. The molecule has 244 valence electrons. The third-order valence-electron chi connectivity index (χ3n) is 9.38. The monoisotopic (exact) mass is 664 g/mol. The van der Waals surface area contributed by atoms with Crippen molar-refractivity contribution >= 4 is 10.9 Å². The fourth-order valence-corrected chi connectivity index (χ4v) is 6.79. The van der Waals surface area contributed by atoms with Crippen LogP contribution in [-0.2, 0) is 0 Å². The van der Waals surface area contributed by atoms with Gasteiger partial charge in [0.05, 0.1) is 5.52 Å². The molecule has 0 saturated heterocycles. The topological polar surface area (TPSA) is 51.6 Å². The molecule has 0 saturated carbocycles. The van der Waals surface area contributed by atoms with Gasteiger partial charge in [-0.1, -0.05) is 152 Å². The van der Waals surface area contributed by atoms with Crippen LogP contribution < -0.4 is 0 Å². The fourth-order valence-electron chi connectivity index (χ4n) is 6.79. The molecular weight excluding hydrogens is 633 g/mol. The van der Waals surface area contributed by atoms with Crippen molar-refractivity contribution in [2.75, 3.05) is 0 Å². The number of hydrogen-bond acceptors (Lipinski definition) is 4. The predicted octanol–water partition coefficient (Wildman–Crippen LogP) is 12.1. The summed E-state index contributed by atoms with van der Waals surface area (Å²) < 4.78 is 0. The largest absolute Gasteiger partial charge is 0.256 e. The van der Waals surface area contributed by atoms with E-state index in [0.717, 1.165) is 44.3 Å². The van der Waals surface area contributed by atoms with Gasteiger partial charge in [0.1, 0.15) is 0 Å². The Hall–Kier alpha value is -7.04. The van der Waals surface area contributed by atoms with Crippen LogP contribution in [0.1, 0.15) is 0 Å². The van der Waals surface area contributed by atoms with E-state index in [1.807, 2.05) is 54.7 Å². The molecule has 0 aliphatic rings. The zero-order valence-electron chi connectivity index (χ0n) is 28.3. The molecule has 0 bridgehead atoms. The Morgan fingerprint density at radius 3 is 1.29 bits per heavy atom. The standard InChI is InChI=1S/C48H32N4/c1-5-14-33(15-6-1)41-31-42(34-16-7-2-8-17-34)45(43(32-41)35-18-9-3-10-19-35)36-23-25-38(26-24-36)47-50-46(37-20-11-4-12-21-37)51-48(52-47)40-27-28-44-39(30-40)22-13-29-49-44/h1-32H. The number of fused-ring (bicyclic) bond motifs is 1. The molecule has 0 atom stereocenters. The predicted molar refractivity (Wildman–Crippen MR) is 213 cm³/mol. The number of nitrogens with zero attached hydrogens (tertiary/aromatic N) is 4. The Balaban J connectivity index is 1.21. The summed E-state index contributed by atoms with van der Waals surface area (Å²) in [4.78, 5) is 19.5. The second kappa shape index (κ2) is 13.7. The van der Waals surface area contributed by atoms with E-state index in [4.69, 9.17) is 15.0 Å². The van der Waals surface area contributed by atoms with E-state index in [0.29, 0.717) is 17.5 Å². The highest BCUT2D eigenvalue weighted by molar-refractivity contribution is 5.98. The van der Waals surface area contributed by atoms with Crippen molar-refractivity contribution in [3.63, 3.8) is 0 Å². The normalized spacial score (nSPS) is 11.1. The second-order valence-electron chi connectivity index (χ2n) is 12.7. The molecule has 0 aliphatic carbocycles. The van der Waals surface area contributed by atoms with Gasteiger partial charge >= 0.3 is 0 Å². The van der Waals surface area contributed by atoms with E-state index in [9.17, 15) is 0 Å². The summed E-state index contributed by atoms with van der Waals surface area (Å²) in [6, 6.07) is 65.4. The van der Waals surface area contributed by atoms with Crippen LogP contribution in [0.4, 0.5) is 0 Å². The van der Waals surface area contributed by atoms with Crippen LogP contribution in [0.5, 0.6) is 0 Å². The lowest BCUT2D eigenvalue weighted by Gasteiger charge is -2.19. The minimum atomic E-state index is 0.618. The minimum Gasteiger partial charge on any atom is -0.256 e. The molecule has 0 unspecified atom stereocenters. The molecule has 4 nitrogen and oxygen atoms in total. The average Bonchev–Trinajstić information content (AvgIpc) is 3.24. The number of hydrogen-bond donors (Lipinski definition) is 0. The molecule has 0 radical (unpaired) electrons. The summed E-state index contributed by atoms with van der Waals surface area (Å²) >= 11 is 0. The molecule has 4 heteroatoms. The molecule has 2 aromatic heterocycles. The van der Waals surface area contributed by atoms with Gasteiger partial charge in [-0.3, -0.25) is 4.98 Å². The maximum Gasteiger partial charge on any atom is 0.164 e. The van der Waals surface area contributed by atoms with Gasteiger partial charge in [0, 0.05) is 28.3 Å². The highest BCUT2D eigenvalue weighted by atomic mass is 15.0.